The molecule has 1 atom stereocenters. The maximum absolute atomic E-state index is 10.9. The summed E-state index contributed by atoms with van der Waals surface area (Å²) < 4.78 is 0. The monoisotopic (exact) mass is 249 g/mol. The molecular formula is C13H19N3O2. The van der Waals surface area contributed by atoms with Crippen molar-refractivity contribution >= 4 is 17.5 Å². The fourth-order valence-electron chi connectivity index (χ4n) is 2.30. The lowest BCUT2D eigenvalue weighted by Gasteiger charge is -2.32. The molecule has 98 valence electrons. The van der Waals surface area contributed by atoms with Crippen LogP contribution in [0.1, 0.15) is 18.4 Å². The van der Waals surface area contributed by atoms with Crippen molar-refractivity contribution in [3.05, 3.63) is 23.8 Å². The fourth-order valence-corrected chi connectivity index (χ4v) is 2.30. The Kier molecular flexibility index (Phi) is 3.60. The molecule has 0 spiro atoms. The van der Waals surface area contributed by atoms with E-state index in [1.54, 1.807) is 0 Å². The van der Waals surface area contributed by atoms with Crippen LogP contribution in [0.2, 0.25) is 0 Å². The molecule has 5 nitrogen and oxygen atoms in total. The summed E-state index contributed by atoms with van der Waals surface area (Å²) in [7, 11) is 0. The van der Waals surface area contributed by atoms with Crippen molar-refractivity contribution in [2.75, 3.05) is 24.1 Å². The van der Waals surface area contributed by atoms with Crippen LogP contribution in [-0.4, -0.2) is 35.2 Å². The van der Waals surface area contributed by atoms with Gasteiger partial charge in [-0.25, -0.2) is 4.79 Å². The van der Waals surface area contributed by atoms with Crippen LogP contribution >= 0.6 is 0 Å². The first-order chi connectivity index (χ1) is 8.56. The summed E-state index contributed by atoms with van der Waals surface area (Å²) >= 11 is 0. The average Bonchev–Trinajstić information content (AvgIpc) is 2.33. The number of hydrogen-bond acceptors (Lipinski definition) is 3. The minimum atomic E-state index is -0.849. The lowest BCUT2D eigenvalue weighted by Crippen LogP contribution is -2.44. The molecule has 5 heteroatoms. The normalized spacial score (nSPS) is 19.6. The van der Waals surface area contributed by atoms with Crippen LogP contribution in [0.25, 0.3) is 0 Å². The molecule has 1 aromatic carbocycles. The van der Waals surface area contributed by atoms with Crippen molar-refractivity contribution in [1.82, 2.24) is 4.90 Å². The number of piperidine rings is 1. The third-order valence-electron chi connectivity index (χ3n) is 3.26. The maximum Gasteiger partial charge on any atom is 0.407 e. The Morgan fingerprint density at radius 3 is 3.00 bits per heavy atom. The lowest BCUT2D eigenvalue weighted by molar-refractivity contribution is 0.133. The van der Waals surface area contributed by atoms with Crippen molar-refractivity contribution < 1.29 is 9.90 Å². The van der Waals surface area contributed by atoms with Gasteiger partial charge in [0.2, 0.25) is 0 Å². The third kappa shape index (κ3) is 2.85. The Hall–Kier alpha value is -1.91. The van der Waals surface area contributed by atoms with E-state index >= 15 is 0 Å². The van der Waals surface area contributed by atoms with Crippen LogP contribution in [0.15, 0.2) is 18.2 Å². The number of nitrogens with zero attached hydrogens (tertiary/aromatic N) is 1. The highest BCUT2D eigenvalue weighted by Crippen LogP contribution is 2.22. The fraction of sp³-hybridized carbons (Fsp3) is 0.462. The van der Waals surface area contributed by atoms with Gasteiger partial charge in [0.15, 0.2) is 0 Å². The van der Waals surface area contributed by atoms with Gasteiger partial charge in [0.1, 0.15) is 0 Å². The molecule has 0 saturated carbocycles. The van der Waals surface area contributed by atoms with E-state index in [4.69, 9.17) is 10.8 Å². The van der Waals surface area contributed by atoms with Crippen LogP contribution in [0.5, 0.6) is 0 Å². The molecule has 4 N–H and O–H groups in total. The van der Waals surface area contributed by atoms with Crippen molar-refractivity contribution in [2.45, 2.75) is 25.8 Å². The highest BCUT2D eigenvalue weighted by molar-refractivity contribution is 5.68. The molecule has 0 aliphatic carbocycles. The summed E-state index contributed by atoms with van der Waals surface area (Å²) in [5.74, 6) is 0. The van der Waals surface area contributed by atoms with Gasteiger partial charge in [-0.05, 0) is 37.5 Å². The molecule has 2 rings (SSSR count). The zero-order valence-electron chi connectivity index (χ0n) is 10.5. The summed E-state index contributed by atoms with van der Waals surface area (Å²) in [5, 5.41) is 12.3. The number of rotatable bonds is 2. The SMILES string of the molecule is Cc1ccc(N[C@H]2CCCN(C(=O)O)C2)c(N)c1. The van der Waals surface area contributed by atoms with Gasteiger partial charge in [0.25, 0.3) is 0 Å². The Labute approximate surface area is 107 Å². The van der Waals surface area contributed by atoms with Gasteiger partial charge in [0.05, 0.1) is 11.4 Å². The van der Waals surface area contributed by atoms with Gasteiger partial charge in [-0.3, -0.25) is 0 Å². The number of anilines is 2. The third-order valence-corrected chi connectivity index (χ3v) is 3.26. The van der Waals surface area contributed by atoms with Crippen LogP contribution in [0.4, 0.5) is 16.2 Å². The zero-order chi connectivity index (χ0) is 13.1. The summed E-state index contributed by atoms with van der Waals surface area (Å²) in [6, 6.07) is 6.00. The summed E-state index contributed by atoms with van der Waals surface area (Å²) in [4.78, 5) is 12.4. The number of nitrogen functional groups attached to an aromatic ring is 1. The molecule has 18 heavy (non-hydrogen) atoms. The first-order valence-electron chi connectivity index (χ1n) is 6.17. The van der Waals surface area contributed by atoms with Crippen molar-refractivity contribution in [2.24, 2.45) is 0 Å². The van der Waals surface area contributed by atoms with Gasteiger partial charge in [-0.15, -0.1) is 0 Å². The Morgan fingerprint density at radius 2 is 2.33 bits per heavy atom. The molecular weight excluding hydrogens is 230 g/mol. The second-order valence-electron chi connectivity index (χ2n) is 4.80. The van der Waals surface area contributed by atoms with Crippen LogP contribution in [0.3, 0.4) is 0 Å². The Bertz CT molecular complexity index is 448. The van der Waals surface area contributed by atoms with Crippen LogP contribution < -0.4 is 11.1 Å². The predicted octanol–water partition coefficient (Wildman–Crippen LogP) is 2.13. The van der Waals surface area contributed by atoms with Crippen molar-refractivity contribution in [3.63, 3.8) is 0 Å². The first kappa shape index (κ1) is 12.5. The number of carbonyl (C=O) groups is 1. The van der Waals surface area contributed by atoms with Crippen LogP contribution in [-0.2, 0) is 0 Å². The molecule has 1 saturated heterocycles. The molecule has 1 aliphatic heterocycles. The molecule has 0 unspecified atom stereocenters. The van der Waals surface area contributed by atoms with Gasteiger partial charge in [-0.2, -0.15) is 0 Å². The molecule has 0 bridgehead atoms. The highest BCUT2D eigenvalue weighted by Gasteiger charge is 2.23. The Balaban J connectivity index is 2.02. The van der Waals surface area contributed by atoms with E-state index in [1.165, 1.54) is 4.90 Å². The molecule has 1 aromatic rings. The predicted molar refractivity (Wildman–Crippen MR) is 71.8 cm³/mol. The van der Waals surface area contributed by atoms with E-state index in [0.717, 1.165) is 24.1 Å². The number of aryl methyl sites for hydroxylation is 1. The smallest absolute Gasteiger partial charge is 0.407 e. The molecule has 1 amide bonds. The first-order valence-corrected chi connectivity index (χ1v) is 6.17. The number of benzene rings is 1. The average molecular weight is 249 g/mol. The van der Waals surface area contributed by atoms with E-state index in [0.29, 0.717) is 18.8 Å². The van der Waals surface area contributed by atoms with Crippen molar-refractivity contribution in [3.8, 4) is 0 Å². The number of carboxylic acid groups (broad SMARTS) is 1. The number of nitrogens with one attached hydrogen (secondary N) is 1. The minimum absolute atomic E-state index is 0.139. The summed E-state index contributed by atoms with van der Waals surface area (Å²) in [5.41, 5.74) is 8.66. The second kappa shape index (κ2) is 5.16. The van der Waals surface area contributed by atoms with Gasteiger partial charge in [-0.1, -0.05) is 6.07 Å². The van der Waals surface area contributed by atoms with Gasteiger partial charge < -0.3 is 21.1 Å². The van der Waals surface area contributed by atoms with E-state index in [2.05, 4.69) is 5.32 Å². The molecule has 1 fully saturated rings. The van der Waals surface area contributed by atoms with E-state index in [1.807, 2.05) is 25.1 Å². The minimum Gasteiger partial charge on any atom is -0.465 e. The molecule has 0 aromatic heterocycles. The zero-order valence-corrected chi connectivity index (χ0v) is 10.5. The maximum atomic E-state index is 10.9. The summed E-state index contributed by atoms with van der Waals surface area (Å²) in [6.45, 7) is 3.13. The van der Waals surface area contributed by atoms with Crippen LogP contribution in [0, 0.1) is 6.92 Å². The van der Waals surface area contributed by atoms with Gasteiger partial charge >= 0.3 is 6.09 Å². The highest BCUT2D eigenvalue weighted by atomic mass is 16.4. The molecule has 0 radical (unpaired) electrons. The topological polar surface area (TPSA) is 78.6 Å². The largest absolute Gasteiger partial charge is 0.465 e. The number of amides is 1. The molecule has 1 aliphatic rings. The number of nitrogens with two attached hydrogens (primary N) is 1. The van der Waals surface area contributed by atoms with E-state index < -0.39 is 6.09 Å². The number of hydrogen-bond donors (Lipinski definition) is 3. The Morgan fingerprint density at radius 1 is 1.56 bits per heavy atom. The van der Waals surface area contributed by atoms with E-state index in [-0.39, 0.29) is 6.04 Å². The quantitative estimate of drug-likeness (QED) is 0.702. The van der Waals surface area contributed by atoms with E-state index in [9.17, 15) is 4.79 Å². The second-order valence-corrected chi connectivity index (χ2v) is 4.80. The van der Waals surface area contributed by atoms with Crippen molar-refractivity contribution in [1.29, 1.82) is 0 Å². The molecule has 1 heterocycles. The van der Waals surface area contributed by atoms with Gasteiger partial charge in [0, 0.05) is 19.1 Å². The standard InChI is InChI=1S/C13H19N3O2/c1-9-4-5-12(11(14)7-9)15-10-3-2-6-16(8-10)13(17)18/h4-5,7,10,15H,2-3,6,8,14H2,1H3,(H,17,18)/t10-/m0/s1. The number of likely N-dealkylation sites (tertiary alicyclic amines) is 1. The summed E-state index contributed by atoms with van der Waals surface area (Å²) in [6.07, 6.45) is 1.01. The lowest BCUT2D eigenvalue weighted by atomic mass is 10.1.